The lowest BCUT2D eigenvalue weighted by atomic mass is 9.92. The van der Waals surface area contributed by atoms with Crippen LogP contribution in [-0.4, -0.2) is 34.7 Å². The standard InChI is InChI=1S/C11H20N4S/c1-8-5-9(2)7-15(6-8)4-3-10-13-14-11(12)16-10/h8-9H,3-7H2,1-2H3,(H2,12,14). The summed E-state index contributed by atoms with van der Waals surface area (Å²) in [4.78, 5) is 2.54. The van der Waals surface area contributed by atoms with E-state index in [2.05, 4.69) is 28.9 Å². The summed E-state index contributed by atoms with van der Waals surface area (Å²) in [5.74, 6) is 1.64. The summed E-state index contributed by atoms with van der Waals surface area (Å²) in [5, 5.41) is 9.53. The summed E-state index contributed by atoms with van der Waals surface area (Å²) in [6.45, 7) is 8.21. The van der Waals surface area contributed by atoms with Crippen molar-refractivity contribution in [2.24, 2.45) is 11.8 Å². The topological polar surface area (TPSA) is 55.0 Å². The first-order valence-electron chi connectivity index (χ1n) is 5.93. The van der Waals surface area contributed by atoms with E-state index in [0.29, 0.717) is 5.13 Å². The maximum absolute atomic E-state index is 5.56. The largest absolute Gasteiger partial charge is 0.374 e. The fourth-order valence-electron chi connectivity index (χ4n) is 2.60. The Bertz CT molecular complexity index is 328. The van der Waals surface area contributed by atoms with Crippen LogP contribution in [0.15, 0.2) is 0 Å². The van der Waals surface area contributed by atoms with E-state index in [-0.39, 0.29) is 0 Å². The Morgan fingerprint density at radius 3 is 2.56 bits per heavy atom. The number of nitrogens with zero attached hydrogens (tertiary/aromatic N) is 3. The summed E-state index contributed by atoms with van der Waals surface area (Å²) < 4.78 is 0. The molecule has 1 saturated heterocycles. The molecule has 2 rings (SSSR count). The van der Waals surface area contributed by atoms with Gasteiger partial charge in [-0.05, 0) is 18.3 Å². The van der Waals surface area contributed by atoms with E-state index < -0.39 is 0 Å². The average Bonchev–Trinajstić information content (AvgIpc) is 2.60. The van der Waals surface area contributed by atoms with E-state index in [9.17, 15) is 0 Å². The summed E-state index contributed by atoms with van der Waals surface area (Å²) in [6, 6.07) is 0. The van der Waals surface area contributed by atoms with Gasteiger partial charge >= 0.3 is 0 Å². The van der Waals surface area contributed by atoms with Crippen molar-refractivity contribution in [3.8, 4) is 0 Å². The molecule has 4 nitrogen and oxygen atoms in total. The van der Waals surface area contributed by atoms with Crippen molar-refractivity contribution in [1.82, 2.24) is 15.1 Å². The highest BCUT2D eigenvalue weighted by atomic mass is 32.1. The third kappa shape index (κ3) is 3.15. The molecule has 16 heavy (non-hydrogen) atoms. The van der Waals surface area contributed by atoms with E-state index in [4.69, 9.17) is 5.73 Å². The molecule has 1 aromatic heterocycles. The number of nitrogens with two attached hydrogens (primary N) is 1. The molecule has 2 heterocycles. The van der Waals surface area contributed by atoms with Gasteiger partial charge in [-0.2, -0.15) is 0 Å². The number of hydrogen-bond donors (Lipinski definition) is 1. The predicted molar refractivity (Wildman–Crippen MR) is 67.4 cm³/mol. The van der Waals surface area contributed by atoms with E-state index >= 15 is 0 Å². The third-order valence-corrected chi connectivity index (χ3v) is 3.88. The molecular weight excluding hydrogens is 220 g/mol. The molecule has 0 radical (unpaired) electrons. The molecule has 0 bridgehead atoms. The number of rotatable bonds is 3. The highest BCUT2D eigenvalue weighted by Crippen LogP contribution is 2.21. The van der Waals surface area contributed by atoms with Crippen LogP contribution in [0.3, 0.4) is 0 Å². The molecule has 2 atom stereocenters. The van der Waals surface area contributed by atoms with Crippen LogP contribution >= 0.6 is 11.3 Å². The smallest absolute Gasteiger partial charge is 0.203 e. The highest BCUT2D eigenvalue weighted by Gasteiger charge is 2.21. The molecule has 1 fully saturated rings. The Labute approximate surface area is 101 Å². The summed E-state index contributed by atoms with van der Waals surface area (Å²) in [7, 11) is 0. The van der Waals surface area contributed by atoms with Gasteiger partial charge in [0.2, 0.25) is 5.13 Å². The number of piperidine rings is 1. The molecule has 0 aromatic carbocycles. The fourth-order valence-corrected chi connectivity index (χ4v) is 3.19. The predicted octanol–water partition coefficient (Wildman–Crippen LogP) is 1.64. The SMILES string of the molecule is CC1CC(C)CN(CCc2nnc(N)s2)C1. The Hall–Kier alpha value is -0.680. The van der Waals surface area contributed by atoms with Crippen LogP contribution in [0.1, 0.15) is 25.3 Å². The maximum Gasteiger partial charge on any atom is 0.203 e. The normalized spacial score (nSPS) is 27.1. The van der Waals surface area contributed by atoms with Crippen molar-refractivity contribution in [2.45, 2.75) is 26.7 Å². The first-order chi connectivity index (χ1) is 7.63. The van der Waals surface area contributed by atoms with Gasteiger partial charge in [-0.25, -0.2) is 0 Å². The summed E-state index contributed by atoms with van der Waals surface area (Å²) in [6.07, 6.45) is 2.34. The quantitative estimate of drug-likeness (QED) is 0.872. The first-order valence-corrected chi connectivity index (χ1v) is 6.75. The van der Waals surface area contributed by atoms with Gasteiger partial charge in [-0.1, -0.05) is 25.2 Å². The number of hydrogen-bond acceptors (Lipinski definition) is 5. The van der Waals surface area contributed by atoms with Crippen molar-refractivity contribution in [1.29, 1.82) is 0 Å². The van der Waals surface area contributed by atoms with Crippen LogP contribution in [-0.2, 0) is 6.42 Å². The van der Waals surface area contributed by atoms with Crippen LogP contribution in [0.25, 0.3) is 0 Å². The number of aromatic nitrogens is 2. The number of likely N-dealkylation sites (tertiary alicyclic amines) is 1. The van der Waals surface area contributed by atoms with Crippen molar-refractivity contribution < 1.29 is 0 Å². The fraction of sp³-hybridized carbons (Fsp3) is 0.818. The minimum absolute atomic E-state index is 0.579. The first kappa shape index (κ1) is 11.8. The Morgan fingerprint density at radius 1 is 1.31 bits per heavy atom. The molecule has 1 aliphatic rings. The van der Waals surface area contributed by atoms with Crippen LogP contribution in [0, 0.1) is 11.8 Å². The van der Waals surface area contributed by atoms with E-state index in [1.807, 2.05) is 0 Å². The molecule has 1 aliphatic heterocycles. The Kier molecular flexibility index (Phi) is 3.76. The number of anilines is 1. The molecule has 90 valence electrons. The minimum Gasteiger partial charge on any atom is -0.374 e. The Balaban J connectivity index is 1.81. The summed E-state index contributed by atoms with van der Waals surface area (Å²) in [5.41, 5.74) is 5.56. The lowest BCUT2D eigenvalue weighted by molar-refractivity contribution is 0.142. The van der Waals surface area contributed by atoms with Gasteiger partial charge in [0, 0.05) is 26.1 Å². The lowest BCUT2D eigenvalue weighted by Gasteiger charge is -2.34. The van der Waals surface area contributed by atoms with Crippen LogP contribution in [0.2, 0.25) is 0 Å². The van der Waals surface area contributed by atoms with Gasteiger partial charge in [0.1, 0.15) is 5.01 Å². The molecule has 0 aliphatic carbocycles. The van der Waals surface area contributed by atoms with Crippen molar-refractivity contribution in [2.75, 3.05) is 25.4 Å². The van der Waals surface area contributed by atoms with Crippen LogP contribution in [0.4, 0.5) is 5.13 Å². The second-order valence-corrected chi connectivity index (χ2v) is 6.08. The third-order valence-electron chi connectivity index (χ3n) is 3.07. The zero-order valence-corrected chi connectivity index (χ0v) is 10.8. The average molecular weight is 240 g/mol. The van der Waals surface area contributed by atoms with Crippen molar-refractivity contribution in [3.63, 3.8) is 0 Å². The van der Waals surface area contributed by atoms with Crippen molar-refractivity contribution >= 4 is 16.5 Å². The maximum atomic E-state index is 5.56. The van der Waals surface area contributed by atoms with E-state index in [1.165, 1.54) is 30.8 Å². The molecule has 2 unspecified atom stereocenters. The molecular formula is C11H20N4S. The zero-order valence-electron chi connectivity index (χ0n) is 10.0. The Morgan fingerprint density at radius 2 is 2.00 bits per heavy atom. The van der Waals surface area contributed by atoms with E-state index in [0.717, 1.165) is 29.8 Å². The van der Waals surface area contributed by atoms with Gasteiger partial charge in [-0.3, -0.25) is 0 Å². The van der Waals surface area contributed by atoms with Gasteiger partial charge in [-0.15, -0.1) is 10.2 Å². The van der Waals surface area contributed by atoms with Crippen LogP contribution < -0.4 is 5.73 Å². The summed E-state index contributed by atoms with van der Waals surface area (Å²) >= 11 is 1.51. The molecule has 0 amide bonds. The molecule has 0 saturated carbocycles. The second-order valence-electron chi connectivity index (χ2n) is 4.99. The zero-order chi connectivity index (χ0) is 11.5. The van der Waals surface area contributed by atoms with Gasteiger partial charge < -0.3 is 10.6 Å². The van der Waals surface area contributed by atoms with Gasteiger partial charge in [0.05, 0.1) is 0 Å². The monoisotopic (exact) mass is 240 g/mol. The molecule has 2 N–H and O–H groups in total. The van der Waals surface area contributed by atoms with E-state index in [1.54, 1.807) is 0 Å². The lowest BCUT2D eigenvalue weighted by Crippen LogP contribution is -2.39. The molecule has 0 spiro atoms. The minimum atomic E-state index is 0.579. The highest BCUT2D eigenvalue weighted by molar-refractivity contribution is 7.15. The number of nitrogen functional groups attached to an aromatic ring is 1. The van der Waals surface area contributed by atoms with Crippen molar-refractivity contribution in [3.05, 3.63) is 5.01 Å². The van der Waals surface area contributed by atoms with Gasteiger partial charge in [0.15, 0.2) is 0 Å². The van der Waals surface area contributed by atoms with Gasteiger partial charge in [0.25, 0.3) is 0 Å². The second kappa shape index (κ2) is 5.10. The van der Waals surface area contributed by atoms with Crippen LogP contribution in [0.5, 0.6) is 0 Å². The molecule has 5 heteroatoms. The molecule has 1 aromatic rings.